The predicted octanol–water partition coefficient (Wildman–Crippen LogP) is 3.46. The quantitative estimate of drug-likeness (QED) is 0.776. The Hall–Kier alpha value is -0.460. The summed E-state index contributed by atoms with van der Waals surface area (Å²) < 4.78 is 43.1. The number of benzene rings is 1. The third-order valence-electron chi connectivity index (χ3n) is 1.39. The van der Waals surface area contributed by atoms with E-state index in [-0.39, 0.29) is 5.75 Å². The van der Waals surface area contributed by atoms with Crippen molar-refractivity contribution < 1.29 is 17.9 Å². The topological polar surface area (TPSA) is 9.23 Å². The maximum absolute atomic E-state index is 13.1. The molecule has 0 aliphatic carbocycles. The van der Waals surface area contributed by atoms with Gasteiger partial charge in [0.05, 0.1) is 3.57 Å². The lowest BCUT2D eigenvalue weighted by Crippen LogP contribution is -2.21. The van der Waals surface area contributed by atoms with Crippen LogP contribution in [0.5, 0.6) is 5.75 Å². The van der Waals surface area contributed by atoms with E-state index in [0.29, 0.717) is 3.57 Å². The molecule has 1 aromatic carbocycles. The normalized spacial score (nSPS) is 11.5. The molecule has 0 aliphatic rings. The van der Waals surface area contributed by atoms with E-state index in [1.54, 1.807) is 6.07 Å². The van der Waals surface area contributed by atoms with Crippen molar-refractivity contribution in [3.8, 4) is 5.75 Å². The van der Waals surface area contributed by atoms with Crippen LogP contribution in [-0.4, -0.2) is 12.5 Å². The molecule has 0 heterocycles. The number of alkyl halides is 2. The van der Waals surface area contributed by atoms with Crippen molar-refractivity contribution >= 4 is 22.6 Å². The zero-order valence-electron chi connectivity index (χ0n) is 7.36. The fourth-order valence-corrected chi connectivity index (χ4v) is 1.44. The molecule has 0 saturated carbocycles. The molecule has 5 heteroatoms. The minimum absolute atomic E-state index is 0.116. The Kier molecular flexibility index (Phi) is 3.63. The van der Waals surface area contributed by atoms with Crippen molar-refractivity contribution in [2.24, 2.45) is 0 Å². The molecule has 78 valence electrons. The van der Waals surface area contributed by atoms with Gasteiger partial charge in [-0.15, -0.1) is 0 Å². The van der Waals surface area contributed by atoms with Gasteiger partial charge in [0.25, 0.3) is 5.92 Å². The molecule has 0 N–H and O–H groups in total. The van der Waals surface area contributed by atoms with Crippen LogP contribution in [0.1, 0.15) is 6.92 Å². The van der Waals surface area contributed by atoms with Crippen LogP contribution in [0.4, 0.5) is 13.2 Å². The first-order valence-corrected chi connectivity index (χ1v) is 4.93. The van der Waals surface area contributed by atoms with Gasteiger partial charge in [0.15, 0.2) is 18.2 Å². The Morgan fingerprint density at radius 2 is 2.07 bits per heavy atom. The van der Waals surface area contributed by atoms with Gasteiger partial charge >= 0.3 is 0 Å². The lowest BCUT2D eigenvalue weighted by Gasteiger charge is -2.13. The molecule has 0 bridgehead atoms. The highest BCUT2D eigenvalue weighted by Gasteiger charge is 2.23. The van der Waals surface area contributed by atoms with Gasteiger partial charge in [0, 0.05) is 6.92 Å². The first kappa shape index (κ1) is 11.6. The molecule has 0 fully saturated rings. The van der Waals surface area contributed by atoms with Gasteiger partial charge in [0.1, 0.15) is 0 Å². The molecule has 1 aromatic rings. The second-order valence-electron chi connectivity index (χ2n) is 2.91. The summed E-state index contributed by atoms with van der Waals surface area (Å²) in [5.74, 6) is -3.69. The van der Waals surface area contributed by atoms with Crippen LogP contribution in [0.15, 0.2) is 18.2 Å². The summed E-state index contributed by atoms with van der Waals surface area (Å²) >= 11 is 1.83. The van der Waals surface area contributed by atoms with E-state index in [0.717, 1.165) is 6.92 Å². The molecule has 0 aromatic heterocycles. The lowest BCUT2D eigenvalue weighted by molar-refractivity contribution is -0.0241. The van der Waals surface area contributed by atoms with Crippen molar-refractivity contribution in [1.82, 2.24) is 0 Å². The Morgan fingerprint density at radius 1 is 1.43 bits per heavy atom. The number of rotatable bonds is 3. The highest BCUT2D eigenvalue weighted by Crippen LogP contribution is 2.25. The summed E-state index contributed by atoms with van der Waals surface area (Å²) in [5, 5.41) is 0. The van der Waals surface area contributed by atoms with E-state index in [2.05, 4.69) is 0 Å². The van der Waals surface area contributed by atoms with Crippen LogP contribution in [-0.2, 0) is 0 Å². The van der Waals surface area contributed by atoms with Crippen LogP contribution in [0.25, 0.3) is 0 Å². The fourth-order valence-electron chi connectivity index (χ4n) is 0.819. The Bertz CT molecular complexity index is 302. The molecular weight excluding hydrogens is 308 g/mol. The van der Waals surface area contributed by atoms with E-state index < -0.39 is 18.3 Å². The van der Waals surface area contributed by atoms with Crippen LogP contribution < -0.4 is 4.74 Å². The molecule has 0 spiro atoms. The fraction of sp³-hybridized carbons (Fsp3) is 0.333. The lowest BCUT2D eigenvalue weighted by atomic mass is 10.3. The van der Waals surface area contributed by atoms with Crippen molar-refractivity contribution in [2.75, 3.05) is 6.61 Å². The van der Waals surface area contributed by atoms with Gasteiger partial charge in [-0.25, -0.2) is 13.2 Å². The van der Waals surface area contributed by atoms with Crippen molar-refractivity contribution in [1.29, 1.82) is 0 Å². The van der Waals surface area contributed by atoms with Crippen LogP contribution >= 0.6 is 22.6 Å². The minimum Gasteiger partial charge on any atom is -0.483 e. The van der Waals surface area contributed by atoms with E-state index in [1.807, 2.05) is 22.6 Å². The highest BCUT2D eigenvalue weighted by atomic mass is 127. The summed E-state index contributed by atoms with van der Waals surface area (Å²) in [6, 6.07) is 4.26. The van der Waals surface area contributed by atoms with Gasteiger partial charge in [-0.1, -0.05) is 6.07 Å². The summed E-state index contributed by atoms with van der Waals surface area (Å²) in [7, 11) is 0. The minimum atomic E-state index is -2.95. The van der Waals surface area contributed by atoms with Gasteiger partial charge in [0.2, 0.25) is 0 Å². The average Bonchev–Trinajstić information content (AvgIpc) is 2.01. The van der Waals surface area contributed by atoms with Crippen molar-refractivity contribution in [2.45, 2.75) is 12.8 Å². The molecule has 14 heavy (non-hydrogen) atoms. The number of halogens is 4. The first-order chi connectivity index (χ1) is 6.40. The third kappa shape index (κ3) is 3.36. The molecule has 1 nitrogen and oxygen atoms in total. The number of hydrogen-bond donors (Lipinski definition) is 0. The average molecular weight is 316 g/mol. The van der Waals surface area contributed by atoms with Gasteiger partial charge < -0.3 is 4.74 Å². The van der Waals surface area contributed by atoms with Crippen LogP contribution in [0.3, 0.4) is 0 Å². The monoisotopic (exact) mass is 316 g/mol. The molecule has 0 saturated heterocycles. The van der Waals surface area contributed by atoms with E-state index >= 15 is 0 Å². The SMILES string of the molecule is CC(F)(F)COc1c(F)cccc1I. The third-order valence-corrected chi connectivity index (χ3v) is 2.24. The standard InChI is InChI=1S/C9H8F3IO/c1-9(11,12)5-14-8-6(10)3-2-4-7(8)13/h2-4H,5H2,1H3. The van der Waals surface area contributed by atoms with Crippen LogP contribution in [0, 0.1) is 9.39 Å². The van der Waals surface area contributed by atoms with Gasteiger partial charge in [-0.2, -0.15) is 0 Å². The Labute approximate surface area is 93.4 Å². The number of para-hydroxylation sites is 1. The summed E-state index contributed by atoms with van der Waals surface area (Å²) in [5.41, 5.74) is 0. The number of hydrogen-bond acceptors (Lipinski definition) is 1. The Balaban J connectivity index is 2.77. The molecular formula is C9H8F3IO. The first-order valence-electron chi connectivity index (χ1n) is 3.85. The molecule has 0 unspecified atom stereocenters. The summed E-state index contributed by atoms with van der Waals surface area (Å²) in [6.07, 6.45) is 0. The largest absolute Gasteiger partial charge is 0.483 e. The van der Waals surface area contributed by atoms with Crippen molar-refractivity contribution in [3.63, 3.8) is 0 Å². The second kappa shape index (κ2) is 4.37. The smallest absolute Gasteiger partial charge is 0.278 e. The molecule has 0 aliphatic heterocycles. The Morgan fingerprint density at radius 3 is 2.57 bits per heavy atom. The molecule has 0 atom stereocenters. The van der Waals surface area contributed by atoms with Gasteiger partial charge in [-0.3, -0.25) is 0 Å². The number of ether oxygens (including phenoxy) is 1. The van der Waals surface area contributed by atoms with Crippen LogP contribution in [0.2, 0.25) is 0 Å². The zero-order chi connectivity index (χ0) is 10.8. The molecule has 0 radical (unpaired) electrons. The van der Waals surface area contributed by atoms with Crippen molar-refractivity contribution in [3.05, 3.63) is 27.6 Å². The molecule has 1 rings (SSSR count). The maximum Gasteiger partial charge on any atom is 0.278 e. The van der Waals surface area contributed by atoms with E-state index in [4.69, 9.17) is 4.74 Å². The molecule has 0 amide bonds. The summed E-state index contributed by atoms with van der Waals surface area (Å²) in [6.45, 7) is -0.0926. The van der Waals surface area contributed by atoms with Gasteiger partial charge in [-0.05, 0) is 34.7 Å². The predicted molar refractivity (Wildman–Crippen MR) is 55.2 cm³/mol. The highest BCUT2D eigenvalue weighted by molar-refractivity contribution is 14.1. The van der Waals surface area contributed by atoms with E-state index in [1.165, 1.54) is 12.1 Å². The van der Waals surface area contributed by atoms with E-state index in [9.17, 15) is 13.2 Å². The second-order valence-corrected chi connectivity index (χ2v) is 4.07. The summed E-state index contributed by atoms with van der Waals surface area (Å²) in [4.78, 5) is 0. The maximum atomic E-state index is 13.1. The zero-order valence-corrected chi connectivity index (χ0v) is 9.52.